The number of fused-ring (bicyclic) bond motifs is 1. The molecule has 0 saturated heterocycles. The average Bonchev–Trinajstić information content (AvgIpc) is 3.31. The maximum atomic E-state index is 13.9. The van der Waals surface area contributed by atoms with Crippen LogP contribution in [0.1, 0.15) is 43.5 Å². The molecule has 8 nitrogen and oxygen atoms in total. The summed E-state index contributed by atoms with van der Waals surface area (Å²) in [5, 5.41) is 0. The lowest BCUT2D eigenvalue weighted by Gasteiger charge is -2.24. The first-order valence-electron chi connectivity index (χ1n) is 13.8. The van der Waals surface area contributed by atoms with Crippen LogP contribution in [0, 0.1) is 5.82 Å². The normalized spacial score (nSPS) is 14.6. The van der Waals surface area contributed by atoms with Crippen molar-refractivity contribution in [2.24, 2.45) is 4.99 Å². The number of rotatable bonds is 10. The SMILES string of the molecule is CCOC(=O)C1=C(C)N=c2s/c(=C\c3ccc(OCc4ccc(F)cc4)c(OCC)c3)c(=O)n2[C@@H]1c1ccc(OC)cc1. The molecule has 1 aromatic heterocycles. The number of ether oxygens (including phenoxy) is 4. The molecule has 1 aliphatic heterocycles. The average molecular weight is 603 g/mol. The number of thiazole rings is 1. The molecular formula is C33H31FN2O6S. The summed E-state index contributed by atoms with van der Waals surface area (Å²) in [7, 11) is 1.58. The van der Waals surface area contributed by atoms with E-state index in [1.807, 2.05) is 25.1 Å². The van der Waals surface area contributed by atoms with Crippen LogP contribution >= 0.6 is 11.3 Å². The monoisotopic (exact) mass is 602 g/mol. The Morgan fingerprint density at radius 1 is 1.00 bits per heavy atom. The molecule has 5 rings (SSSR count). The van der Waals surface area contributed by atoms with Gasteiger partial charge in [-0.2, -0.15) is 0 Å². The molecule has 2 heterocycles. The molecular weight excluding hydrogens is 571 g/mol. The predicted molar refractivity (Wildman–Crippen MR) is 162 cm³/mol. The molecule has 4 aromatic rings. The fourth-order valence-corrected chi connectivity index (χ4v) is 5.83. The zero-order valence-electron chi connectivity index (χ0n) is 24.3. The van der Waals surface area contributed by atoms with Gasteiger partial charge in [0, 0.05) is 0 Å². The quantitative estimate of drug-likeness (QED) is 0.240. The van der Waals surface area contributed by atoms with E-state index in [9.17, 15) is 14.0 Å². The largest absolute Gasteiger partial charge is 0.497 e. The van der Waals surface area contributed by atoms with E-state index in [0.717, 1.165) is 16.7 Å². The van der Waals surface area contributed by atoms with Crippen molar-refractivity contribution in [1.29, 1.82) is 0 Å². The van der Waals surface area contributed by atoms with Crippen molar-refractivity contribution >= 4 is 23.4 Å². The van der Waals surface area contributed by atoms with Crippen molar-refractivity contribution in [3.63, 3.8) is 0 Å². The Kier molecular flexibility index (Phi) is 9.06. The topological polar surface area (TPSA) is 88.4 Å². The van der Waals surface area contributed by atoms with E-state index >= 15 is 0 Å². The fourth-order valence-electron chi connectivity index (χ4n) is 4.79. The minimum absolute atomic E-state index is 0.196. The summed E-state index contributed by atoms with van der Waals surface area (Å²) in [6.07, 6.45) is 1.77. The van der Waals surface area contributed by atoms with Crippen LogP contribution < -0.4 is 29.1 Å². The van der Waals surface area contributed by atoms with Crippen LogP contribution in [-0.2, 0) is 16.1 Å². The van der Waals surface area contributed by atoms with E-state index in [1.165, 1.54) is 23.5 Å². The van der Waals surface area contributed by atoms with Crippen molar-refractivity contribution in [3.05, 3.63) is 120 Å². The van der Waals surface area contributed by atoms with E-state index in [1.54, 1.807) is 68.0 Å². The molecule has 0 amide bonds. The minimum atomic E-state index is -0.718. The molecule has 0 N–H and O–H groups in total. The van der Waals surface area contributed by atoms with Gasteiger partial charge in [-0.1, -0.05) is 41.7 Å². The Bertz CT molecular complexity index is 1840. The van der Waals surface area contributed by atoms with Crippen LogP contribution in [0.2, 0.25) is 0 Å². The van der Waals surface area contributed by atoms with Crippen LogP contribution in [0.15, 0.2) is 87.8 Å². The number of esters is 1. The number of halogens is 1. The molecule has 0 unspecified atom stereocenters. The van der Waals surface area contributed by atoms with Crippen molar-refractivity contribution in [2.45, 2.75) is 33.4 Å². The second kappa shape index (κ2) is 13.1. The van der Waals surface area contributed by atoms with Crippen LogP contribution in [0.25, 0.3) is 6.08 Å². The number of allylic oxidation sites excluding steroid dienone is 1. The third-order valence-electron chi connectivity index (χ3n) is 6.82. The van der Waals surface area contributed by atoms with E-state index in [0.29, 0.717) is 44.5 Å². The van der Waals surface area contributed by atoms with Gasteiger partial charge in [0.25, 0.3) is 5.56 Å². The molecule has 0 saturated carbocycles. The van der Waals surface area contributed by atoms with Crippen LogP contribution in [0.5, 0.6) is 17.2 Å². The highest BCUT2D eigenvalue weighted by atomic mass is 32.1. The smallest absolute Gasteiger partial charge is 0.338 e. The van der Waals surface area contributed by atoms with Gasteiger partial charge in [-0.3, -0.25) is 9.36 Å². The van der Waals surface area contributed by atoms with Crippen LogP contribution in [0.3, 0.4) is 0 Å². The number of aromatic nitrogens is 1. The minimum Gasteiger partial charge on any atom is -0.497 e. The summed E-state index contributed by atoms with van der Waals surface area (Å²) in [5.74, 6) is 0.874. The van der Waals surface area contributed by atoms with Crippen molar-refractivity contribution in [3.8, 4) is 17.2 Å². The molecule has 1 aliphatic rings. The van der Waals surface area contributed by atoms with Gasteiger partial charge in [0.05, 0.1) is 42.2 Å². The molecule has 1 atom stereocenters. The van der Waals surface area contributed by atoms with Gasteiger partial charge in [0.2, 0.25) is 0 Å². The summed E-state index contributed by atoms with van der Waals surface area (Å²) >= 11 is 1.24. The Morgan fingerprint density at radius 2 is 1.74 bits per heavy atom. The summed E-state index contributed by atoms with van der Waals surface area (Å²) in [4.78, 5) is 32.1. The Morgan fingerprint density at radius 3 is 2.42 bits per heavy atom. The van der Waals surface area contributed by atoms with E-state index in [2.05, 4.69) is 4.99 Å². The van der Waals surface area contributed by atoms with Crippen LogP contribution in [0.4, 0.5) is 4.39 Å². The van der Waals surface area contributed by atoms with Crippen molar-refractivity contribution in [2.75, 3.05) is 20.3 Å². The molecule has 0 fully saturated rings. The first-order chi connectivity index (χ1) is 20.8. The van der Waals surface area contributed by atoms with Gasteiger partial charge in [0.15, 0.2) is 16.3 Å². The van der Waals surface area contributed by atoms with Crippen LogP contribution in [-0.4, -0.2) is 30.9 Å². The molecule has 43 heavy (non-hydrogen) atoms. The Hall–Kier alpha value is -4.70. The maximum Gasteiger partial charge on any atom is 0.338 e. The lowest BCUT2D eigenvalue weighted by Crippen LogP contribution is -2.39. The van der Waals surface area contributed by atoms with E-state index < -0.39 is 12.0 Å². The molecule has 10 heteroatoms. The van der Waals surface area contributed by atoms with Gasteiger partial charge in [-0.15, -0.1) is 0 Å². The second-order valence-electron chi connectivity index (χ2n) is 9.63. The highest BCUT2D eigenvalue weighted by Gasteiger charge is 2.33. The lowest BCUT2D eigenvalue weighted by atomic mass is 9.96. The highest BCUT2D eigenvalue weighted by Crippen LogP contribution is 2.32. The molecule has 0 bridgehead atoms. The standard InChI is InChI=1S/C33H31FN2O6S/c1-5-40-27-17-22(9-16-26(27)42-19-21-7-12-24(34)13-8-21)18-28-31(37)36-30(23-10-14-25(39-4)15-11-23)29(32(38)41-6-2)20(3)35-33(36)43-28/h7-18,30H,5-6,19H2,1-4H3/b28-18-/t30-/m1/s1. The maximum absolute atomic E-state index is 13.9. The number of carbonyl (C=O) groups excluding carboxylic acids is 1. The van der Waals surface area contributed by atoms with Gasteiger partial charge in [-0.05, 0) is 79.9 Å². The summed E-state index contributed by atoms with van der Waals surface area (Å²) in [6, 6.07) is 18.0. The van der Waals surface area contributed by atoms with Gasteiger partial charge < -0.3 is 18.9 Å². The van der Waals surface area contributed by atoms with E-state index in [-0.39, 0.29) is 24.6 Å². The summed E-state index contributed by atoms with van der Waals surface area (Å²) < 4.78 is 37.7. The predicted octanol–water partition coefficient (Wildman–Crippen LogP) is 4.92. The lowest BCUT2D eigenvalue weighted by molar-refractivity contribution is -0.139. The third kappa shape index (κ3) is 6.39. The van der Waals surface area contributed by atoms with Gasteiger partial charge in [-0.25, -0.2) is 14.2 Å². The molecule has 0 aliphatic carbocycles. The summed E-state index contributed by atoms with van der Waals surface area (Å²) in [6.45, 7) is 6.21. The highest BCUT2D eigenvalue weighted by molar-refractivity contribution is 7.07. The van der Waals surface area contributed by atoms with Crippen molar-refractivity contribution in [1.82, 2.24) is 4.57 Å². The molecule has 3 aromatic carbocycles. The zero-order valence-corrected chi connectivity index (χ0v) is 25.1. The van der Waals surface area contributed by atoms with Gasteiger partial charge in [0.1, 0.15) is 18.2 Å². The number of hydrogen-bond donors (Lipinski definition) is 0. The second-order valence-corrected chi connectivity index (χ2v) is 10.6. The molecule has 0 radical (unpaired) electrons. The number of hydrogen-bond acceptors (Lipinski definition) is 8. The Labute approximate surface area is 252 Å². The third-order valence-corrected chi connectivity index (χ3v) is 7.80. The number of carbonyl (C=O) groups is 1. The summed E-state index contributed by atoms with van der Waals surface area (Å²) in [5.41, 5.74) is 2.80. The Balaban J connectivity index is 1.54. The van der Waals surface area contributed by atoms with Crippen molar-refractivity contribution < 1.29 is 28.1 Å². The van der Waals surface area contributed by atoms with Gasteiger partial charge >= 0.3 is 5.97 Å². The number of methoxy groups -OCH3 is 1. The molecule has 0 spiro atoms. The number of benzene rings is 3. The fraction of sp³-hybridized carbons (Fsp3) is 0.242. The molecule has 222 valence electrons. The first kappa shape index (κ1) is 29.8. The van der Waals surface area contributed by atoms with E-state index in [4.69, 9.17) is 18.9 Å². The first-order valence-corrected chi connectivity index (χ1v) is 14.6. The zero-order chi connectivity index (χ0) is 30.5. The number of nitrogens with zero attached hydrogens (tertiary/aromatic N) is 2.